The predicted molar refractivity (Wildman–Crippen MR) is 45.2 cm³/mol. The van der Waals surface area contributed by atoms with Gasteiger partial charge in [0.15, 0.2) is 0 Å². The Morgan fingerprint density at radius 3 is 2.36 bits per heavy atom. The first-order chi connectivity index (χ1) is 5.13. The smallest absolute Gasteiger partial charge is 0.0701 e. The first-order valence-electron chi connectivity index (χ1n) is 4.85. The van der Waals surface area contributed by atoms with Gasteiger partial charge < -0.3 is 5.11 Å². The van der Waals surface area contributed by atoms with E-state index in [1.807, 2.05) is 0 Å². The van der Waals surface area contributed by atoms with Crippen LogP contribution >= 0.6 is 0 Å². The van der Waals surface area contributed by atoms with E-state index in [2.05, 4.69) is 13.8 Å². The molecule has 1 nitrogen and oxygen atoms in total. The molecule has 2 aliphatic carbocycles. The second-order valence-corrected chi connectivity index (χ2v) is 4.73. The van der Waals surface area contributed by atoms with Crippen LogP contribution in [0.3, 0.4) is 0 Å². The molecule has 0 spiro atoms. The predicted octanol–water partition coefficient (Wildman–Crippen LogP) is 2.19. The van der Waals surface area contributed by atoms with E-state index in [0.717, 1.165) is 12.3 Å². The molecule has 2 saturated carbocycles. The van der Waals surface area contributed by atoms with Gasteiger partial charge in [-0.1, -0.05) is 13.8 Å². The summed E-state index contributed by atoms with van der Waals surface area (Å²) in [5, 5.41) is 10.3. The third-order valence-corrected chi connectivity index (χ3v) is 3.86. The standard InChI is InChI=1S/C10H18O/c1-7(2)10(11)6-8-3-4-9(10)5-8/h7-9,11H,3-6H2,1-2H3/t8-,9+,10-/m0/s1. The van der Waals surface area contributed by atoms with Gasteiger partial charge in [-0.2, -0.15) is 0 Å². The van der Waals surface area contributed by atoms with Gasteiger partial charge in [-0.15, -0.1) is 0 Å². The van der Waals surface area contributed by atoms with Crippen molar-refractivity contribution in [3.8, 4) is 0 Å². The fourth-order valence-electron chi connectivity index (χ4n) is 3.05. The lowest BCUT2D eigenvalue weighted by atomic mass is 9.76. The van der Waals surface area contributed by atoms with Crippen molar-refractivity contribution < 1.29 is 5.11 Å². The number of hydrogen-bond donors (Lipinski definition) is 1. The van der Waals surface area contributed by atoms with Crippen LogP contribution in [0.15, 0.2) is 0 Å². The molecule has 2 fully saturated rings. The van der Waals surface area contributed by atoms with E-state index < -0.39 is 0 Å². The average Bonchev–Trinajstić information content (AvgIpc) is 2.45. The van der Waals surface area contributed by atoms with Gasteiger partial charge in [0.05, 0.1) is 5.60 Å². The Kier molecular flexibility index (Phi) is 1.54. The van der Waals surface area contributed by atoms with E-state index in [4.69, 9.17) is 0 Å². The van der Waals surface area contributed by atoms with Gasteiger partial charge in [-0.05, 0) is 43.4 Å². The van der Waals surface area contributed by atoms with E-state index in [1.54, 1.807) is 0 Å². The molecule has 2 bridgehead atoms. The second kappa shape index (κ2) is 2.22. The summed E-state index contributed by atoms with van der Waals surface area (Å²) < 4.78 is 0. The third kappa shape index (κ3) is 0.936. The molecule has 0 aromatic carbocycles. The molecule has 0 heterocycles. The molecule has 1 heteroatoms. The minimum absolute atomic E-state index is 0.289. The van der Waals surface area contributed by atoms with Gasteiger partial charge in [0.25, 0.3) is 0 Å². The van der Waals surface area contributed by atoms with Crippen molar-refractivity contribution in [1.29, 1.82) is 0 Å². The van der Waals surface area contributed by atoms with Crippen molar-refractivity contribution in [2.24, 2.45) is 17.8 Å². The molecule has 11 heavy (non-hydrogen) atoms. The molecule has 2 aliphatic rings. The van der Waals surface area contributed by atoms with E-state index in [9.17, 15) is 5.11 Å². The van der Waals surface area contributed by atoms with Crippen LogP contribution in [0, 0.1) is 17.8 Å². The van der Waals surface area contributed by atoms with Gasteiger partial charge in [-0.25, -0.2) is 0 Å². The maximum Gasteiger partial charge on any atom is 0.0701 e. The van der Waals surface area contributed by atoms with Crippen LogP contribution < -0.4 is 0 Å². The quantitative estimate of drug-likeness (QED) is 0.614. The molecule has 0 unspecified atom stereocenters. The SMILES string of the molecule is CC(C)[C@@]1(O)C[C@H]2CC[C@@H]1C2. The van der Waals surface area contributed by atoms with E-state index in [0.29, 0.717) is 11.8 Å². The van der Waals surface area contributed by atoms with E-state index in [-0.39, 0.29) is 5.60 Å². The normalized spacial score (nSPS) is 49.1. The third-order valence-electron chi connectivity index (χ3n) is 3.86. The van der Waals surface area contributed by atoms with Crippen molar-refractivity contribution in [3.63, 3.8) is 0 Å². The number of aliphatic hydroxyl groups is 1. The van der Waals surface area contributed by atoms with Crippen molar-refractivity contribution in [1.82, 2.24) is 0 Å². The molecule has 1 N–H and O–H groups in total. The van der Waals surface area contributed by atoms with Crippen molar-refractivity contribution in [3.05, 3.63) is 0 Å². The highest BCUT2D eigenvalue weighted by Crippen LogP contribution is 2.53. The zero-order chi connectivity index (χ0) is 8.06. The van der Waals surface area contributed by atoms with Crippen molar-refractivity contribution >= 4 is 0 Å². The van der Waals surface area contributed by atoms with Crippen LogP contribution in [0.25, 0.3) is 0 Å². The van der Waals surface area contributed by atoms with Gasteiger partial charge in [0.1, 0.15) is 0 Å². The Morgan fingerprint density at radius 2 is 2.09 bits per heavy atom. The topological polar surface area (TPSA) is 20.2 Å². The zero-order valence-corrected chi connectivity index (χ0v) is 7.51. The monoisotopic (exact) mass is 154 g/mol. The van der Waals surface area contributed by atoms with Crippen LogP contribution in [0.5, 0.6) is 0 Å². The van der Waals surface area contributed by atoms with Gasteiger partial charge in [0, 0.05) is 0 Å². The summed E-state index contributed by atoms with van der Waals surface area (Å²) in [6, 6.07) is 0. The average molecular weight is 154 g/mol. The molecule has 0 radical (unpaired) electrons. The fourth-order valence-corrected chi connectivity index (χ4v) is 3.05. The van der Waals surface area contributed by atoms with Gasteiger partial charge in [-0.3, -0.25) is 0 Å². The lowest BCUT2D eigenvalue weighted by molar-refractivity contribution is -0.0529. The first kappa shape index (κ1) is 7.60. The van der Waals surface area contributed by atoms with Crippen molar-refractivity contribution in [2.75, 3.05) is 0 Å². The van der Waals surface area contributed by atoms with Gasteiger partial charge in [0.2, 0.25) is 0 Å². The summed E-state index contributed by atoms with van der Waals surface area (Å²) in [7, 11) is 0. The van der Waals surface area contributed by atoms with Gasteiger partial charge >= 0.3 is 0 Å². The number of fused-ring (bicyclic) bond motifs is 2. The fraction of sp³-hybridized carbons (Fsp3) is 1.00. The Labute approximate surface area is 68.8 Å². The molecule has 3 atom stereocenters. The summed E-state index contributed by atoms with van der Waals surface area (Å²) in [5.41, 5.74) is -0.289. The van der Waals surface area contributed by atoms with Crippen LogP contribution in [-0.2, 0) is 0 Å². The zero-order valence-electron chi connectivity index (χ0n) is 7.51. The molecular weight excluding hydrogens is 136 g/mol. The summed E-state index contributed by atoms with van der Waals surface area (Å²) in [4.78, 5) is 0. The second-order valence-electron chi connectivity index (χ2n) is 4.73. The highest BCUT2D eigenvalue weighted by Gasteiger charge is 2.51. The molecule has 0 aromatic rings. The Balaban J connectivity index is 2.16. The molecule has 0 amide bonds. The maximum absolute atomic E-state index is 10.3. The lowest BCUT2D eigenvalue weighted by Gasteiger charge is -2.36. The molecule has 0 saturated heterocycles. The highest BCUT2D eigenvalue weighted by atomic mass is 16.3. The van der Waals surface area contributed by atoms with E-state index >= 15 is 0 Å². The summed E-state index contributed by atoms with van der Waals surface area (Å²) in [6.45, 7) is 4.31. The molecule has 0 aliphatic heterocycles. The van der Waals surface area contributed by atoms with E-state index in [1.165, 1.54) is 19.3 Å². The van der Waals surface area contributed by atoms with Crippen molar-refractivity contribution in [2.45, 2.75) is 45.1 Å². The highest BCUT2D eigenvalue weighted by molar-refractivity contribution is 5.02. The molecular formula is C10H18O. The Hall–Kier alpha value is -0.0400. The van der Waals surface area contributed by atoms with Crippen LogP contribution in [0.1, 0.15) is 39.5 Å². The van der Waals surface area contributed by atoms with Crippen LogP contribution in [0.4, 0.5) is 0 Å². The summed E-state index contributed by atoms with van der Waals surface area (Å²) in [5.74, 6) is 1.94. The number of rotatable bonds is 1. The molecule has 2 rings (SSSR count). The molecule has 64 valence electrons. The maximum atomic E-state index is 10.3. The minimum atomic E-state index is -0.289. The minimum Gasteiger partial charge on any atom is -0.389 e. The van der Waals surface area contributed by atoms with Crippen LogP contribution in [-0.4, -0.2) is 10.7 Å². The van der Waals surface area contributed by atoms with Crippen LogP contribution in [0.2, 0.25) is 0 Å². The lowest BCUT2D eigenvalue weighted by Crippen LogP contribution is -2.40. The largest absolute Gasteiger partial charge is 0.389 e. The summed E-state index contributed by atoms with van der Waals surface area (Å²) in [6.07, 6.45) is 5.03. The molecule has 0 aromatic heterocycles. The summed E-state index contributed by atoms with van der Waals surface area (Å²) >= 11 is 0. The Morgan fingerprint density at radius 1 is 1.36 bits per heavy atom. The Bertz CT molecular complexity index is 164. The first-order valence-corrected chi connectivity index (χ1v) is 4.85. The number of hydrogen-bond acceptors (Lipinski definition) is 1.